The highest BCUT2D eigenvalue weighted by Gasteiger charge is 2.20. The summed E-state index contributed by atoms with van der Waals surface area (Å²) in [7, 11) is 0.567. The van der Waals surface area contributed by atoms with Crippen LogP contribution in [-0.4, -0.2) is 71.1 Å². The molecule has 1 saturated heterocycles. The zero-order valence-electron chi connectivity index (χ0n) is 14.3. The van der Waals surface area contributed by atoms with Crippen LogP contribution in [0.4, 0.5) is 0 Å². The van der Waals surface area contributed by atoms with E-state index in [4.69, 9.17) is 4.74 Å². The number of nitrogens with one attached hydrogen (secondary N) is 2. The van der Waals surface area contributed by atoms with Crippen LogP contribution in [0.1, 0.15) is 5.56 Å². The molecule has 2 rings (SSSR count). The topological polar surface area (TPSA) is 83.0 Å². The molecule has 1 fully saturated rings. The Hall–Kier alpha value is -1.80. The van der Waals surface area contributed by atoms with E-state index in [9.17, 15) is 8.42 Å². The van der Waals surface area contributed by atoms with Crippen molar-refractivity contribution in [3.05, 3.63) is 29.8 Å². The van der Waals surface area contributed by atoms with E-state index in [-0.39, 0.29) is 11.5 Å². The van der Waals surface area contributed by atoms with Gasteiger partial charge in [-0.05, 0) is 6.07 Å². The highest BCUT2D eigenvalue weighted by molar-refractivity contribution is 7.91. The van der Waals surface area contributed by atoms with Crippen LogP contribution in [0.15, 0.2) is 29.3 Å². The minimum Gasteiger partial charge on any atom is -0.496 e. The van der Waals surface area contributed by atoms with Crippen LogP contribution in [0.3, 0.4) is 0 Å². The summed E-state index contributed by atoms with van der Waals surface area (Å²) in [4.78, 5) is 6.36. The average molecular weight is 354 g/mol. The predicted molar refractivity (Wildman–Crippen MR) is 96.3 cm³/mol. The van der Waals surface area contributed by atoms with Gasteiger partial charge in [0, 0.05) is 45.3 Å². The summed E-state index contributed by atoms with van der Waals surface area (Å²) in [6, 6.07) is 7.85. The number of nitrogens with zero attached hydrogens (tertiary/aromatic N) is 2. The number of sulfone groups is 1. The van der Waals surface area contributed by atoms with Crippen LogP contribution < -0.4 is 15.4 Å². The first-order valence-electron chi connectivity index (χ1n) is 8.03. The van der Waals surface area contributed by atoms with E-state index in [1.54, 1.807) is 14.2 Å². The molecule has 0 spiro atoms. The van der Waals surface area contributed by atoms with E-state index in [1.165, 1.54) is 0 Å². The molecule has 0 radical (unpaired) electrons. The van der Waals surface area contributed by atoms with Crippen LogP contribution in [0, 0.1) is 0 Å². The summed E-state index contributed by atoms with van der Waals surface area (Å²) in [5.41, 5.74) is 1.06. The number of hydrogen-bond donors (Lipinski definition) is 2. The molecule has 0 amide bonds. The first-order chi connectivity index (χ1) is 11.5. The number of rotatable bonds is 6. The number of ether oxygens (including phenoxy) is 1. The quantitative estimate of drug-likeness (QED) is 0.557. The number of aliphatic imine (C=N–C) groups is 1. The molecule has 1 aromatic carbocycles. The monoisotopic (exact) mass is 354 g/mol. The molecule has 0 bridgehead atoms. The third-order valence-corrected chi connectivity index (χ3v) is 5.63. The highest BCUT2D eigenvalue weighted by Crippen LogP contribution is 2.16. The molecular weight excluding hydrogens is 328 g/mol. The number of guanidine groups is 1. The van der Waals surface area contributed by atoms with Gasteiger partial charge < -0.3 is 15.4 Å². The third kappa shape index (κ3) is 5.68. The van der Waals surface area contributed by atoms with Crippen molar-refractivity contribution in [2.75, 3.05) is 51.8 Å². The van der Waals surface area contributed by atoms with Crippen molar-refractivity contribution in [1.29, 1.82) is 0 Å². The molecule has 2 N–H and O–H groups in total. The second-order valence-corrected chi connectivity index (χ2v) is 7.96. The van der Waals surface area contributed by atoms with Crippen molar-refractivity contribution in [2.45, 2.75) is 6.54 Å². The van der Waals surface area contributed by atoms with Crippen LogP contribution in [-0.2, 0) is 16.4 Å². The fourth-order valence-corrected chi connectivity index (χ4v) is 3.83. The molecule has 1 aliphatic rings. The van der Waals surface area contributed by atoms with Crippen LogP contribution in [0.25, 0.3) is 0 Å². The summed E-state index contributed by atoms with van der Waals surface area (Å²) < 4.78 is 28.2. The first-order valence-corrected chi connectivity index (χ1v) is 9.85. The Kier molecular flexibility index (Phi) is 6.86. The lowest BCUT2D eigenvalue weighted by Crippen LogP contribution is -2.45. The van der Waals surface area contributed by atoms with Gasteiger partial charge in [-0.3, -0.25) is 9.89 Å². The normalized spacial score (nSPS) is 18.2. The lowest BCUT2D eigenvalue weighted by atomic mass is 10.2. The Labute approximate surface area is 144 Å². The molecular formula is C16H26N4O3S. The maximum atomic E-state index is 11.4. The molecule has 7 nitrogen and oxygen atoms in total. The Bertz CT molecular complexity index is 647. The zero-order chi connectivity index (χ0) is 17.4. The van der Waals surface area contributed by atoms with Crippen molar-refractivity contribution >= 4 is 15.8 Å². The average Bonchev–Trinajstić information content (AvgIpc) is 2.59. The van der Waals surface area contributed by atoms with Gasteiger partial charge in [-0.1, -0.05) is 18.2 Å². The third-order valence-electron chi connectivity index (χ3n) is 4.02. The van der Waals surface area contributed by atoms with Gasteiger partial charge in [0.15, 0.2) is 15.8 Å². The van der Waals surface area contributed by atoms with Gasteiger partial charge in [0.25, 0.3) is 0 Å². The molecule has 0 unspecified atom stereocenters. The second kappa shape index (κ2) is 8.89. The van der Waals surface area contributed by atoms with Crippen molar-refractivity contribution in [1.82, 2.24) is 15.5 Å². The maximum Gasteiger partial charge on any atom is 0.191 e. The fourth-order valence-electron chi connectivity index (χ4n) is 2.55. The second-order valence-electron chi connectivity index (χ2n) is 5.66. The van der Waals surface area contributed by atoms with Gasteiger partial charge in [-0.15, -0.1) is 0 Å². The van der Waals surface area contributed by atoms with Crippen molar-refractivity contribution in [3.63, 3.8) is 0 Å². The highest BCUT2D eigenvalue weighted by atomic mass is 32.2. The van der Waals surface area contributed by atoms with Crippen molar-refractivity contribution in [3.8, 4) is 5.75 Å². The van der Waals surface area contributed by atoms with E-state index in [0.717, 1.165) is 17.9 Å². The Balaban J connectivity index is 1.73. The largest absolute Gasteiger partial charge is 0.496 e. The molecule has 8 heteroatoms. The molecule has 1 aromatic rings. The van der Waals surface area contributed by atoms with Crippen molar-refractivity contribution in [2.24, 2.45) is 4.99 Å². The van der Waals surface area contributed by atoms with Crippen LogP contribution in [0.5, 0.6) is 5.75 Å². The molecule has 134 valence electrons. The summed E-state index contributed by atoms with van der Waals surface area (Å²) in [5, 5.41) is 6.51. The van der Waals surface area contributed by atoms with Gasteiger partial charge in [0.1, 0.15) is 5.75 Å². The summed E-state index contributed by atoms with van der Waals surface area (Å²) in [6.07, 6.45) is 0. The molecule has 0 atom stereocenters. The van der Waals surface area contributed by atoms with E-state index >= 15 is 0 Å². The lowest BCUT2D eigenvalue weighted by molar-refractivity contribution is 0.299. The van der Waals surface area contributed by atoms with Gasteiger partial charge in [0.2, 0.25) is 0 Å². The lowest BCUT2D eigenvalue weighted by Gasteiger charge is -2.26. The van der Waals surface area contributed by atoms with Gasteiger partial charge >= 0.3 is 0 Å². The van der Waals surface area contributed by atoms with E-state index in [2.05, 4.69) is 20.5 Å². The minimum atomic E-state index is -2.82. The van der Waals surface area contributed by atoms with E-state index in [1.807, 2.05) is 24.3 Å². The molecule has 0 aromatic heterocycles. The number of benzene rings is 1. The summed E-state index contributed by atoms with van der Waals surface area (Å²) >= 11 is 0. The maximum absolute atomic E-state index is 11.4. The van der Waals surface area contributed by atoms with Gasteiger partial charge in [-0.25, -0.2) is 8.42 Å². The minimum absolute atomic E-state index is 0.258. The molecule has 0 saturated carbocycles. The van der Waals surface area contributed by atoms with Crippen molar-refractivity contribution < 1.29 is 13.2 Å². The van der Waals surface area contributed by atoms with Gasteiger partial charge in [-0.2, -0.15) is 0 Å². The van der Waals surface area contributed by atoms with E-state index < -0.39 is 9.84 Å². The number of para-hydroxylation sites is 1. The standard InChI is InChI=1S/C16H26N4O3S/c1-17-16(19-13-14-5-3-4-6-15(14)23-2)18-7-8-20-9-11-24(21,22)12-10-20/h3-6H,7-13H2,1-2H3,(H2,17,18,19). The zero-order valence-corrected chi connectivity index (χ0v) is 15.1. The Morgan fingerprint density at radius 2 is 1.96 bits per heavy atom. The van der Waals surface area contributed by atoms with Crippen LogP contribution in [0.2, 0.25) is 0 Å². The fraction of sp³-hybridized carbons (Fsp3) is 0.562. The smallest absolute Gasteiger partial charge is 0.191 e. The number of methoxy groups -OCH3 is 1. The van der Waals surface area contributed by atoms with Gasteiger partial charge in [0.05, 0.1) is 18.6 Å². The Morgan fingerprint density at radius 1 is 1.25 bits per heavy atom. The first kappa shape index (κ1) is 18.5. The van der Waals surface area contributed by atoms with Crippen LogP contribution >= 0.6 is 0 Å². The molecule has 24 heavy (non-hydrogen) atoms. The number of hydrogen-bond acceptors (Lipinski definition) is 5. The SMILES string of the molecule is CN=C(NCCN1CCS(=O)(=O)CC1)NCc1ccccc1OC. The Morgan fingerprint density at radius 3 is 2.62 bits per heavy atom. The van der Waals surface area contributed by atoms with E-state index in [0.29, 0.717) is 32.1 Å². The predicted octanol–water partition coefficient (Wildman–Crippen LogP) is 0.0906. The molecule has 1 heterocycles. The molecule has 0 aliphatic carbocycles. The molecule has 1 aliphatic heterocycles. The summed E-state index contributed by atoms with van der Waals surface area (Å²) in [5.74, 6) is 2.07. The summed E-state index contributed by atoms with van der Waals surface area (Å²) in [6.45, 7) is 3.34.